The fourth-order valence-electron chi connectivity index (χ4n) is 4.29. The monoisotopic (exact) mass is 489 g/mol. The number of carbonyl (C=O) groups excluding carboxylic acids is 2. The van der Waals surface area contributed by atoms with Crippen LogP contribution in [0.15, 0.2) is 41.3 Å². The van der Waals surface area contributed by atoms with Gasteiger partial charge in [0.2, 0.25) is 21.8 Å². The molecule has 0 aromatic heterocycles. The summed E-state index contributed by atoms with van der Waals surface area (Å²) >= 11 is 0. The molecular weight excluding hydrogens is 458 g/mol. The third-order valence-electron chi connectivity index (χ3n) is 5.96. The van der Waals surface area contributed by atoms with Gasteiger partial charge in [-0.1, -0.05) is 26.0 Å². The van der Waals surface area contributed by atoms with Crippen molar-refractivity contribution in [3.8, 4) is 11.5 Å². The van der Waals surface area contributed by atoms with E-state index in [0.717, 1.165) is 5.56 Å². The van der Waals surface area contributed by atoms with E-state index < -0.39 is 16.1 Å². The third kappa shape index (κ3) is 4.74. The van der Waals surface area contributed by atoms with Gasteiger partial charge in [-0.3, -0.25) is 14.5 Å². The molecule has 10 heteroatoms. The van der Waals surface area contributed by atoms with E-state index in [1.165, 1.54) is 36.4 Å². The van der Waals surface area contributed by atoms with Crippen molar-refractivity contribution in [2.24, 2.45) is 0 Å². The predicted molar refractivity (Wildman–Crippen MR) is 129 cm³/mol. The maximum atomic E-state index is 13.1. The van der Waals surface area contributed by atoms with E-state index in [4.69, 9.17) is 9.47 Å². The Labute approximate surface area is 200 Å². The molecule has 0 fully saturated rings. The third-order valence-corrected chi connectivity index (χ3v) is 8.00. The van der Waals surface area contributed by atoms with Gasteiger partial charge in [-0.2, -0.15) is 4.31 Å². The van der Waals surface area contributed by atoms with Gasteiger partial charge in [-0.15, -0.1) is 0 Å². The highest BCUT2D eigenvalue weighted by Gasteiger charge is 2.38. The van der Waals surface area contributed by atoms with Crippen LogP contribution in [0.2, 0.25) is 0 Å². The standard InChI is InChI=1S/C24H31N3O6S/c1-6-26(7-2)34(30,31)19-11-12-20-18(13-19)14-21(27(20)16(3)28)24(29)25-15-17-9-8-10-22(32-4)23(17)33-5/h8-13,21H,6-7,14-15H2,1-5H3,(H,25,29)/t21-/m1/s1. The normalized spacial score (nSPS) is 15.2. The van der Waals surface area contributed by atoms with Crippen LogP contribution in [-0.2, 0) is 32.6 Å². The van der Waals surface area contributed by atoms with Gasteiger partial charge in [0.25, 0.3) is 0 Å². The van der Waals surface area contributed by atoms with Gasteiger partial charge in [-0.05, 0) is 29.8 Å². The predicted octanol–water partition coefficient (Wildman–Crippen LogP) is 2.33. The Morgan fingerprint density at radius 1 is 1.12 bits per heavy atom. The number of nitrogens with one attached hydrogen (secondary N) is 1. The highest BCUT2D eigenvalue weighted by molar-refractivity contribution is 7.89. The molecule has 1 atom stereocenters. The molecule has 0 radical (unpaired) electrons. The molecule has 2 aromatic rings. The number of nitrogens with zero attached hydrogens (tertiary/aromatic N) is 2. The quantitative estimate of drug-likeness (QED) is 0.580. The minimum atomic E-state index is -3.66. The molecule has 0 saturated carbocycles. The molecule has 1 heterocycles. The van der Waals surface area contributed by atoms with E-state index in [9.17, 15) is 18.0 Å². The highest BCUT2D eigenvalue weighted by Crippen LogP contribution is 2.35. The second kappa shape index (κ2) is 10.4. The van der Waals surface area contributed by atoms with E-state index in [0.29, 0.717) is 35.8 Å². The van der Waals surface area contributed by atoms with Crippen LogP contribution >= 0.6 is 0 Å². The van der Waals surface area contributed by atoms with E-state index in [1.54, 1.807) is 38.1 Å². The molecule has 0 aliphatic carbocycles. The van der Waals surface area contributed by atoms with Crippen molar-refractivity contribution in [1.29, 1.82) is 0 Å². The lowest BCUT2D eigenvalue weighted by molar-refractivity contribution is -0.125. The number of benzene rings is 2. The Kier molecular flexibility index (Phi) is 7.83. The molecule has 1 aliphatic heterocycles. The Morgan fingerprint density at radius 3 is 2.41 bits per heavy atom. The minimum absolute atomic E-state index is 0.153. The number of sulfonamides is 1. The van der Waals surface area contributed by atoms with Crippen molar-refractivity contribution in [2.45, 2.75) is 44.7 Å². The number of para-hydroxylation sites is 1. The lowest BCUT2D eigenvalue weighted by Gasteiger charge is -2.24. The van der Waals surface area contributed by atoms with Gasteiger partial charge in [0.05, 0.1) is 19.1 Å². The topological polar surface area (TPSA) is 105 Å². The molecule has 1 aliphatic rings. The van der Waals surface area contributed by atoms with Gasteiger partial charge < -0.3 is 14.8 Å². The summed E-state index contributed by atoms with van der Waals surface area (Å²) in [7, 11) is -0.592. The number of anilines is 1. The number of hydrogen-bond donors (Lipinski definition) is 1. The van der Waals surface area contributed by atoms with Crippen LogP contribution in [0.3, 0.4) is 0 Å². The Balaban J connectivity index is 1.85. The van der Waals surface area contributed by atoms with Crippen LogP contribution in [0, 0.1) is 0 Å². The lowest BCUT2D eigenvalue weighted by Crippen LogP contribution is -2.47. The van der Waals surface area contributed by atoms with E-state index in [1.807, 2.05) is 6.07 Å². The van der Waals surface area contributed by atoms with Gasteiger partial charge in [0.1, 0.15) is 6.04 Å². The van der Waals surface area contributed by atoms with Crippen molar-refractivity contribution in [3.05, 3.63) is 47.5 Å². The van der Waals surface area contributed by atoms with Gasteiger partial charge in [0.15, 0.2) is 11.5 Å². The zero-order valence-corrected chi connectivity index (χ0v) is 20.9. The first-order valence-corrected chi connectivity index (χ1v) is 12.5. The molecule has 34 heavy (non-hydrogen) atoms. The molecule has 0 spiro atoms. The first-order chi connectivity index (χ1) is 16.2. The molecule has 9 nitrogen and oxygen atoms in total. The van der Waals surface area contributed by atoms with E-state index in [2.05, 4.69) is 5.32 Å². The Hall–Kier alpha value is -3.11. The number of amides is 2. The SMILES string of the molecule is CCN(CC)S(=O)(=O)c1ccc2c(c1)C[C@H](C(=O)NCc1cccc(OC)c1OC)N2C(C)=O. The molecule has 0 bridgehead atoms. The van der Waals surface area contributed by atoms with Crippen molar-refractivity contribution < 1.29 is 27.5 Å². The molecule has 0 unspecified atom stereocenters. The first kappa shape index (κ1) is 25.5. The molecule has 2 amide bonds. The van der Waals surface area contributed by atoms with Crippen LogP contribution in [0.5, 0.6) is 11.5 Å². The average Bonchev–Trinajstić information content (AvgIpc) is 3.22. The summed E-state index contributed by atoms with van der Waals surface area (Å²) in [4.78, 5) is 27.2. The number of hydrogen-bond acceptors (Lipinski definition) is 6. The lowest BCUT2D eigenvalue weighted by atomic mass is 10.1. The van der Waals surface area contributed by atoms with E-state index in [-0.39, 0.29) is 29.7 Å². The zero-order valence-electron chi connectivity index (χ0n) is 20.1. The summed E-state index contributed by atoms with van der Waals surface area (Å²) in [5.41, 5.74) is 1.92. The van der Waals surface area contributed by atoms with Crippen molar-refractivity contribution in [2.75, 3.05) is 32.2 Å². The fraction of sp³-hybridized carbons (Fsp3) is 0.417. The minimum Gasteiger partial charge on any atom is -0.493 e. The molecular formula is C24H31N3O6S. The van der Waals surface area contributed by atoms with Crippen molar-refractivity contribution in [1.82, 2.24) is 9.62 Å². The number of fused-ring (bicyclic) bond motifs is 1. The fourth-order valence-corrected chi connectivity index (χ4v) is 5.80. The zero-order chi connectivity index (χ0) is 25.0. The van der Waals surface area contributed by atoms with Crippen LogP contribution in [0.4, 0.5) is 5.69 Å². The Bertz CT molecular complexity index is 1180. The largest absolute Gasteiger partial charge is 0.493 e. The van der Waals surface area contributed by atoms with Crippen LogP contribution in [0.1, 0.15) is 31.9 Å². The summed E-state index contributed by atoms with van der Waals surface area (Å²) in [6.07, 6.45) is 0.220. The summed E-state index contributed by atoms with van der Waals surface area (Å²) in [6.45, 7) is 5.84. The molecule has 2 aromatic carbocycles. The van der Waals surface area contributed by atoms with Crippen LogP contribution in [0.25, 0.3) is 0 Å². The number of carbonyl (C=O) groups is 2. The first-order valence-electron chi connectivity index (χ1n) is 11.1. The summed E-state index contributed by atoms with van der Waals surface area (Å²) in [6, 6.07) is 9.26. The van der Waals surface area contributed by atoms with Crippen molar-refractivity contribution >= 4 is 27.5 Å². The van der Waals surface area contributed by atoms with Crippen LogP contribution in [-0.4, -0.2) is 57.9 Å². The number of ether oxygens (including phenoxy) is 2. The molecule has 0 saturated heterocycles. The second-order valence-electron chi connectivity index (χ2n) is 7.86. The number of methoxy groups -OCH3 is 2. The average molecular weight is 490 g/mol. The van der Waals surface area contributed by atoms with E-state index >= 15 is 0 Å². The second-order valence-corrected chi connectivity index (χ2v) is 9.80. The Morgan fingerprint density at radius 2 is 1.82 bits per heavy atom. The summed E-state index contributed by atoms with van der Waals surface area (Å²) < 4.78 is 38.0. The van der Waals surface area contributed by atoms with Gasteiger partial charge in [0, 0.05) is 44.2 Å². The summed E-state index contributed by atoms with van der Waals surface area (Å²) in [5.74, 6) is 0.436. The maximum Gasteiger partial charge on any atom is 0.243 e. The van der Waals surface area contributed by atoms with Crippen LogP contribution < -0.4 is 19.7 Å². The highest BCUT2D eigenvalue weighted by atomic mass is 32.2. The van der Waals surface area contributed by atoms with Gasteiger partial charge in [-0.25, -0.2) is 8.42 Å². The molecule has 184 valence electrons. The van der Waals surface area contributed by atoms with Gasteiger partial charge >= 0.3 is 0 Å². The van der Waals surface area contributed by atoms with Crippen molar-refractivity contribution in [3.63, 3.8) is 0 Å². The summed E-state index contributed by atoms with van der Waals surface area (Å²) in [5, 5.41) is 2.87. The maximum absolute atomic E-state index is 13.1. The molecule has 3 rings (SSSR count). The molecule has 1 N–H and O–H groups in total. The number of rotatable bonds is 9. The smallest absolute Gasteiger partial charge is 0.243 e.